The van der Waals surface area contributed by atoms with E-state index in [1.165, 1.54) is 0 Å². The lowest BCUT2D eigenvalue weighted by atomic mass is 9.77. The van der Waals surface area contributed by atoms with Crippen LogP contribution in [0.4, 0.5) is 0 Å². The highest BCUT2D eigenvalue weighted by Crippen LogP contribution is 2.34. The Bertz CT molecular complexity index is 682. The van der Waals surface area contributed by atoms with Crippen molar-refractivity contribution < 1.29 is 14.5 Å². The number of hydrogen-bond acceptors (Lipinski definition) is 5. The summed E-state index contributed by atoms with van der Waals surface area (Å²) in [5.41, 5.74) is 1.48. The molecule has 1 saturated carbocycles. The van der Waals surface area contributed by atoms with Crippen molar-refractivity contribution in [3.05, 3.63) is 23.8 Å². The monoisotopic (exact) mass is 316 g/mol. The molecule has 1 aliphatic rings. The van der Waals surface area contributed by atoms with Crippen molar-refractivity contribution in [2.45, 2.75) is 58.0 Å². The van der Waals surface area contributed by atoms with Crippen LogP contribution in [0.1, 0.15) is 62.7 Å². The lowest BCUT2D eigenvalue weighted by molar-refractivity contribution is 0.00626. The molecule has 1 aliphatic carbocycles. The second-order valence-corrected chi connectivity index (χ2v) is 7.25. The molecular formula is C18H24N2O3. The number of hydrogen-bond donors (Lipinski definition) is 1. The van der Waals surface area contributed by atoms with Gasteiger partial charge >= 0.3 is 0 Å². The fraction of sp³-hybridized carbons (Fsp3) is 0.611. The van der Waals surface area contributed by atoms with Crippen LogP contribution in [0.25, 0.3) is 11.0 Å². The van der Waals surface area contributed by atoms with Crippen molar-refractivity contribution >= 4 is 16.8 Å². The van der Waals surface area contributed by atoms with Crippen molar-refractivity contribution in [2.75, 3.05) is 0 Å². The van der Waals surface area contributed by atoms with Crippen molar-refractivity contribution in [2.24, 2.45) is 11.8 Å². The minimum Gasteiger partial charge on any atom is -0.390 e. The van der Waals surface area contributed by atoms with Gasteiger partial charge < -0.3 is 5.11 Å². The average molecular weight is 316 g/mol. The zero-order valence-electron chi connectivity index (χ0n) is 13.8. The molecule has 1 heterocycles. The Morgan fingerprint density at radius 1 is 1.35 bits per heavy atom. The maximum absolute atomic E-state index is 12.6. The van der Waals surface area contributed by atoms with Gasteiger partial charge in [-0.3, -0.25) is 4.79 Å². The summed E-state index contributed by atoms with van der Waals surface area (Å²) >= 11 is 0. The van der Waals surface area contributed by atoms with Gasteiger partial charge in [0.1, 0.15) is 11.0 Å². The molecule has 1 unspecified atom stereocenters. The fourth-order valence-corrected chi connectivity index (χ4v) is 3.42. The number of aliphatic hydroxyl groups is 1. The summed E-state index contributed by atoms with van der Waals surface area (Å²) in [7, 11) is 0. The summed E-state index contributed by atoms with van der Waals surface area (Å²) in [5, 5.41) is 17.5. The minimum atomic E-state index is -0.487. The minimum absolute atomic E-state index is 0.00486. The second-order valence-electron chi connectivity index (χ2n) is 7.25. The van der Waals surface area contributed by atoms with E-state index in [9.17, 15) is 9.90 Å². The first-order valence-electron chi connectivity index (χ1n) is 8.43. The Balaban J connectivity index is 1.55. The lowest BCUT2D eigenvalue weighted by Gasteiger charge is -2.33. The average Bonchev–Trinajstić information content (AvgIpc) is 3.00. The zero-order valence-corrected chi connectivity index (χ0v) is 13.8. The van der Waals surface area contributed by atoms with Gasteiger partial charge in [-0.1, -0.05) is 6.92 Å². The van der Waals surface area contributed by atoms with Gasteiger partial charge in [-0.15, -0.1) is 0 Å². The van der Waals surface area contributed by atoms with E-state index in [0.29, 0.717) is 22.5 Å². The molecule has 0 saturated heterocycles. The van der Waals surface area contributed by atoms with Crippen molar-refractivity contribution in [1.29, 1.82) is 0 Å². The highest BCUT2D eigenvalue weighted by Gasteiger charge is 2.29. The molecular weight excluding hydrogens is 292 g/mol. The molecule has 1 aromatic heterocycles. The topological polar surface area (TPSA) is 76.2 Å². The van der Waals surface area contributed by atoms with E-state index in [4.69, 9.17) is 0 Å². The molecule has 1 atom stereocenters. The van der Waals surface area contributed by atoms with E-state index in [0.717, 1.165) is 38.5 Å². The third-order valence-electron chi connectivity index (χ3n) is 5.18. The first-order valence-corrected chi connectivity index (χ1v) is 8.43. The number of carbonyl (C=O) groups excluding carboxylic acids is 1. The smallest absolute Gasteiger partial charge is 0.165 e. The van der Waals surface area contributed by atoms with Crippen LogP contribution in [0.15, 0.2) is 22.8 Å². The molecule has 23 heavy (non-hydrogen) atoms. The van der Waals surface area contributed by atoms with Gasteiger partial charge in [-0.05, 0) is 79.9 Å². The number of Topliss-reactive ketones (excluding diaryl/α,β-unsaturated/α-hetero) is 1. The van der Waals surface area contributed by atoms with Crippen LogP contribution in [-0.4, -0.2) is 26.8 Å². The fourth-order valence-electron chi connectivity index (χ4n) is 3.42. The summed E-state index contributed by atoms with van der Waals surface area (Å²) in [6.07, 6.45) is 5.80. The maximum Gasteiger partial charge on any atom is 0.165 e. The maximum atomic E-state index is 12.6. The van der Waals surface area contributed by atoms with E-state index >= 15 is 0 Å². The van der Waals surface area contributed by atoms with Gasteiger partial charge in [0, 0.05) is 11.5 Å². The molecule has 0 bridgehead atoms. The predicted octanol–water partition coefficient (Wildman–Crippen LogP) is 3.76. The van der Waals surface area contributed by atoms with Crippen LogP contribution in [0, 0.1) is 11.8 Å². The van der Waals surface area contributed by atoms with E-state index < -0.39 is 5.60 Å². The summed E-state index contributed by atoms with van der Waals surface area (Å²) in [4.78, 5) is 12.6. The third-order valence-corrected chi connectivity index (χ3v) is 5.18. The number of benzene rings is 1. The van der Waals surface area contributed by atoms with Gasteiger partial charge in [0.2, 0.25) is 0 Å². The summed E-state index contributed by atoms with van der Waals surface area (Å²) in [6.45, 7) is 3.91. The number of fused-ring (bicyclic) bond motifs is 1. The Morgan fingerprint density at radius 3 is 2.78 bits per heavy atom. The Labute approximate surface area is 136 Å². The van der Waals surface area contributed by atoms with E-state index in [1.807, 2.05) is 13.8 Å². The van der Waals surface area contributed by atoms with Crippen LogP contribution >= 0.6 is 0 Å². The summed E-state index contributed by atoms with van der Waals surface area (Å²) in [5.74, 6) is 0.778. The van der Waals surface area contributed by atoms with Gasteiger partial charge in [-0.25, -0.2) is 4.63 Å². The lowest BCUT2D eigenvalue weighted by Crippen LogP contribution is -2.30. The first kappa shape index (κ1) is 16.1. The molecule has 0 spiro atoms. The van der Waals surface area contributed by atoms with E-state index in [2.05, 4.69) is 14.9 Å². The molecule has 124 valence electrons. The third kappa shape index (κ3) is 3.78. The molecule has 5 nitrogen and oxygen atoms in total. The Morgan fingerprint density at radius 2 is 2.04 bits per heavy atom. The van der Waals surface area contributed by atoms with Crippen molar-refractivity contribution in [3.8, 4) is 0 Å². The number of ketones is 1. The molecule has 5 heteroatoms. The Hall–Kier alpha value is -1.75. The van der Waals surface area contributed by atoms with Crippen LogP contribution in [0.5, 0.6) is 0 Å². The van der Waals surface area contributed by atoms with Crippen LogP contribution in [0.2, 0.25) is 0 Å². The summed E-state index contributed by atoms with van der Waals surface area (Å²) in [6, 6.07) is 5.32. The number of nitrogens with zero attached hydrogens (tertiary/aromatic N) is 2. The van der Waals surface area contributed by atoms with Crippen LogP contribution < -0.4 is 0 Å². The molecule has 0 aliphatic heterocycles. The van der Waals surface area contributed by atoms with Gasteiger partial charge in [0.15, 0.2) is 5.78 Å². The van der Waals surface area contributed by atoms with Crippen molar-refractivity contribution in [1.82, 2.24) is 10.3 Å². The van der Waals surface area contributed by atoms with Crippen molar-refractivity contribution in [3.63, 3.8) is 0 Å². The molecule has 2 aromatic rings. The normalized spacial score (nSPS) is 26.3. The number of carbonyl (C=O) groups is 1. The second kappa shape index (κ2) is 6.40. The standard InChI is InChI=1S/C18H24N2O3/c1-12(3-4-13-7-9-18(2,22)10-8-13)17(21)14-5-6-15-16(11-14)20-23-19-15/h5-6,11-13,22H,3-4,7-10H2,1-2H3. The first-order chi connectivity index (χ1) is 10.9. The van der Waals surface area contributed by atoms with Gasteiger partial charge in [0.25, 0.3) is 0 Å². The molecule has 0 radical (unpaired) electrons. The van der Waals surface area contributed by atoms with E-state index in [-0.39, 0.29) is 11.7 Å². The summed E-state index contributed by atoms with van der Waals surface area (Å²) < 4.78 is 4.67. The molecule has 0 amide bonds. The van der Waals surface area contributed by atoms with Gasteiger partial charge in [-0.2, -0.15) is 0 Å². The molecule has 3 rings (SSSR count). The highest BCUT2D eigenvalue weighted by atomic mass is 16.6. The highest BCUT2D eigenvalue weighted by molar-refractivity contribution is 6.00. The van der Waals surface area contributed by atoms with Gasteiger partial charge in [0.05, 0.1) is 5.60 Å². The van der Waals surface area contributed by atoms with E-state index in [1.54, 1.807) is 18.2 Å². The largest absolute Gasteiger partial charge is 0.390 e. The Kier molecular flexibility index (Phi) is 4.48. The SMILES string of the molecule is CC(CCC1CCC(C)(O)CC1)C(=O)c1ccc2nonc2c1. The molecule has 1 fully saturated rings. The van der Waals surface area contributed by atoms with Crippen LogP contribution in [0.3, 0.4) is 0 Å². The molecule has 1 N–H and O–H groups in total. The van der Waals surface area contributed by atoms with Crippen LogP contribution in [-0.2, 0) is 0 Å². The zero-order chi connectivity index (χ0) is 16.4. The predicted molar refractivity (Wildman–Crippen MR) is 87.1 cm³/mol. The quantitative estimate of drug-likeness (QED) is 0.850. The molecule has 1 aromatic carbocycles. The number of aromatic nitrogens is 2. The number of rotatable bonds is 5.